The molecule has 0 unspecified atom stereocenters. The number of ether oxygens (including phenoxy) is 2. The van der Waals surface area contributed by atoms with Crippen LogP contribution in [0.2, 0.25) is 0 Å². The van der Waals surface area contributed by atoms with Gasteiger partial charge >= 0.3 is 6.36 Å². The number of alkyl halides is 3. The molecular weight excluding hydrogens is 481 g/mol. The van der Waals surface area contributed by atoms with E-state index in [4.69, 9.17) is 4.74 Å². The molecule has 0 amide bonds. The molecule has 1 heterocycles. The monoisotopic (exact) mass is 502 g/mol. The van der Waals surface area contributed by atoms with Crippen molar-refractivity contribution in [2.45, 2.75) is 51.7 Å². The molecule has 3 nitrogen and oxygen atoms in total. The minimum atomic E-state index is -4.78. The molecule has 1 aromatic heterocycles. The van der Waals surface area contributed by atoms with Gasteiger partial charge in [-0.05, 0) is 75.5 Å². The van der Waals surface area contributed by atoms with Crippen LogP contribution in [0, 0.1) is 0 Å². The third-order valence-corrected chi connectivity index (χ3v) is 5.80. The fourth-order valence-electron chi connectivity index (χ4n) is 3.51. The summed E-state index contributed by atoms with van der Waals surface area (Å²) in [5.74, 6) is 0.374. The zero-order valence-electron chi connectivity index (χ0n) is 16.9. The predicted molar refractivity (Wildman–Crippen MR) is 117 cm³/mol. The van der Waals surface area contributed by atoms with Gasteiger partial charge < -0.3 is 14.6 Å². The van der Waals surface area contributed by atoms with Crippen molar-refractivity contribution < 1.29 is 27.8 Å². The number of rotatable bonds is 6. The molecule has 0 radical (unpaired) electrons. The van der Waals surface area contributed by atoms with Gasteiger partial charge in [-0.15, -0.1) is 24.5 Å². The van der Waals surface area contributed by atoms with E-state index in [-0.39, 0.29) is 5.75 Å². The number of hydrogen-bond acceptors (Lipinski definition) is 4. The molecule has 0 fully saturated rings. The Bertz CT molecular complexity index is 1050. The molecule has 0 aliphatic heterocycles. The van der Waals surface area contributed by atoms with Crippen molar-refractivity contribution in [1.82, 2.24) is 0 Å². The van der Waals surface area contributed by atoms with Crippen molar-refractivity contribution in [2.24, 2.45) is 0 Å². The number of thiophene rings is 1. The van der Waals surface area contributed by atoms with Crippen molar-refractivity contribution in [3.05, 3.63) is 46.9 Å². The maximum Gasteiger partial charge on any atom is 0.573 e. The molecule has 0 bridgehead atoms. The Balaban J connectivity index is 1.94. The second-order valence-corrected chi connectivity index (χ2v) is 10.3. The van der Waals surface area contributed by atoms with Gasteiger partial charge in [0.15, 0.2) is 0 Å². The number of fused-ring (bicyclic) bond motifs is 1. The van der Waals surface area contributed by atoms with Gasteiger partial charge in [-0.2, -0.15) is 0 Å². The Kier molecular flexibility index (Phi) is 6.15. The highest BCUT2D eigenvalue weighted by molar-refractivity contribution is 9.10. The molecule has 0 saturated carbocycles. The van der Waals surface area contributed by atoms with E-state index in [0.29, 0.717) is 27.1 Å². The average molecular weight is 503 g/mol. The molecule has 3 rings (SSSR count). The zero-order chi connectivity index (χ0) is 22.3. The fourth-order valence-corrected chi connectivity index (χ4v) is 4.97. The van der Waals surface area contributed by atoms with Crippen LogP contribution in [-0.2, 0) is 0 Å². The number of benzene rings is 2. The van der Waals surface area contributed by atoms with Gasteiger partial charge in [0, 0.05) is 26.0 Å². The fraction of sp³-hybridized carbons (Fsp3) is 0.364. The smallest absolute Gasteiger partial charge is 0.488 e. The molecule has 8 heteroatoms. The summed E-state index contributed by atoms with van der Waals surface area (Å²) in [6.07, 6.45) is -4.34. The summed E-state index contributed by atoms with van der Waals surface area (Å²) in [5, 5.41) is 11.0. The normalized spacial score (nSPS) is 13.0. The maximum atomic E-state index is 12.8. The summed E-state index contributed by atoms with van der Waals surface area (Å²) in [7, 11) is 0. The lowest BCUT2D eigenvalue weighted by Gasteiger charge is -2.32. The van der Waals surface area contributed by atoms with Crippen LogP contribution in [0.1, 0.15) is 34.1 Å². The van der Waals surface area contributed by atoms with Crippen LogP contribution in [0.15, 0.2) is 46.9 Å². The molecule has 1 N–H and O–H groups in total. The number of halogens is 4. The maximum absolute atomic E-state index is 12.8. The highest BCUT2D eigenvalue weighted by Gasteiger charge is 2.33. The van der Waals surface area contributed by atoms with Crippen molar-refractivity contribution in [2.75, 3.05) is 0 Å². The predicted octanol–water partition coefficient (Wildman–Crippen LogP) is 7.55. The van der Waals surface area contributed by atoms with Crippen LogP contribution >= 0.6 is 27.3 Å². The lowest BCUT2D eigenvalue weighted by atomic mass is 9.92. The summed E-state index contributed by atoms with van der Waals surface area (Å²) in [6, 6.07) is 12.0. The number of aliphatic hydroxyl groups is 1. The largest absolute Gasteiger partial charge is 0.573 e. The molecule has 0 aliphatic rings. The lowest BCUT2D eigenvalue weighted by Crippen LogP contribution is -2.37. The van der Waals surface area contributed by atoms with Gasteiger partial charge in [0.2, 0.25) is 0 Å². The van der Waals surface area contributed by atoms with E-state index < -0.39 is 17.6 Å². The highest BCUT2D eigenvalue weighted by atomic mass is 79.9. The van der Waals surface area contributed by atoms with Gasteiger partial charge in [-0.25, -0.2) is 0 Å². The quantitative estimate of drug-likeness (QED) is 0.378. The van der Waals surface area contributed by atoms with Crippen molar-refractivity contribution in [3.63, 3.8) is 0 Å². The van der Waals surface area contributed by atoms with E-state index in [9.17, 15) is 18.3 Å². The lowest BCUT2D eigenvalue weighted by molar-refractivity contribution is -0.274. The Morgan fingerprint density at radius 1 is 0.967 bits per heavy atom. The van der Waals surface area contributed by atoms with Crippen molar-refractivity contribution >= 4 is 37.4 Å². The molecule has 3 aromatic rings. The van der Waals surface area contributed by atoms with Crippen LogP contribution < -0.4 is 9.47 Å². The SMILES string of the molecule is CC(C)(O)CC(C)(C)Oc1ccc2cc(-c3ccc(Br)cc3OC(F)(F)F)sc2c1. The van der Waals surface area contributed by atoms with Crippen LogP contribution in [0.4, 0.5) is 13.2 Å². The Morgan fingerprint density at radius 3 is 2.30 bits per heavy atom. The molecule has 0 saturated heterocycles. The van der Waals surface area contributed by atoms with Gasteiger partial charge in [-0.1, -0.05) is 15.9 Å². The summed E-state index contributed by atoms with van der Waals surface area (Å²) in [6.45, 7) is 7.26. The van der Waals surface area contributed by atoms with Crippen LogP contribution in [-0.4, -0.2) is 22.7 Å². The van der Waals surface area contributed by atoms with Crippen LogP contribution in [0.5, 0.6) is 11.5 Å². The van der Waals surface area contributed by atoms with Crippen LogP contribution in [0.3, 0.4) is 0 Å². The molecule has 30 heavy (non-hydrogen) atoms. The van der Waals surface area contributed by atoms with Crippen molar-refractivity contribution in [1.29, 1.82) is 0 Å². The Hall–Kier alpha value is -1.77. The second kappa shape index (κ2) is 8.05. The highest BCUT2D eigenvalue weighted by Crippen LogP contribution is 2.42. The van der Waals surface area contributed by atoms with E-state index >= 15 is 0 Å². The zero-order valence-corrected chi connectivity index (χ0v) is 19.3. The molecule has 162 valence electrons. The second-order valence-electron chi connectivity index (χ2n) is 8.35. The van der Waals surface area contributed by atoms with E-state index in [1.807, 2.05) is 38.1 Å². The van der Waals surface area contributed by atoms with E-state index in [1.54, 1.807) is 26.0 Å². The molecular formula is C22H22BrF3O3S. The standard InChI is InChI=1S/C22H22BrF3O3S/c1-20(2,27)12-21(3,4)28-15-7-5-13-9-19(30-18(13)11-15)16-8-6-14(23)10-17(16)29-22(24,25)26/h5-11,27H,12H2,1-4H3. The third-order valence-electron chi connectivity index (χ3n) is 4.18. The topological polar surface area (TPSA) is 38.7 Å². The Labute approximate surface area is 185 Å². The molecule has 0 aliphatic carbocycles. The van der Waals surface area contributed by atoms with E-state index in [0.717, 1.165) is 10.1 Å². The summed E-state index contributed by atoms with van der Waals surface area (Å²) in [5.41, 5.74) is -1.10. The Morgan fingerprint density at radius 2 is 1.67 bits per heavy atom. The van der Waals surface area contributed by atoms with Gasteiger partial charge in [0.1, 0.15) is 17.1 Å². The third kappa shape index (κ3) is 6.12. The summed E-state index contributed by atoms with van der Waals surface area (Å²) >= 11 is 4.55. The average Bonchev–Trinajstić information content (AvgIpc) is 2.93. The first-order valence-corrected chi connectivity index (χ1v) is 10.8. The number of hydrogen-bond donors (Lipinski definition) is 1. The first-order chi connectivity index (χ1) is 13.7. The van der Waals surface area contributed by atoms with Gasteiger partial charge in [-0.3, -0.25) is 0 Å². The molecule has 2 aromatic carbocycles. The van der Waals surface area contributed by atoms with Crippen LogP contribution in [0.25, 0.3) is 20.5 Å². The molecule has 0 spiro atoms. The first-order valence-electron chi connectivity index (χ1n) is 9.21. The van der Waals surface area contributed by atoms with E-state index in [2.05, 4.69) is 20.7 Å². The summed E-state index contributed by atoms with van der Waals surface area (Å²) < 4.78 is 50.2. The van der Waals surface area contributed by atoms with Gasteiger partial charge in [0.05, 0.1) is 5.60 Å². The first kappa shape index (κ1) is 22.9. The minimum absolute atomic E-state index is 0.258. The van der Waals surface area contributed by atoms with Gasteiger partial charge in [0.25, 0.3) is 0 Å². The summed E-state index contributed by atoms with van der Waals surface area (Å²) in [4.78, 5) is 0.657. The minimum Gasteiger partial charge on any atom is -0.488 e. The molecule has 0 atom stereocenters. The van der Waals surface area contributed by atoms with E-state index in [1.165, 1.54) is 17.4 Å². The van der Waals surface area contributed by atoms with Crippen molar-refractivity contribution in [3.8, 4) is 21.9 Å².